The molecule has 0 bridgehead atoms. The summed E-state index contributed by atoms with van der Waals surface area (Å²) < 4.78 is 1.86. The Kier molecular flexibility index (Phi) is 5.29. The van der Waals surface area contributed by atoms with Gasteiger partial charge in [0, 0.05) is 25.6 Å². The monoisotopic (exact) mass is 566 g/mol. The highest BCUT2D eigenvalue weighted by Gasteiger charge is 2.40. The van der Waals surface area contributed by atoms with E-state index in [9.17, 15) is 5.11 Å². The molecule has 0 heterocycles. The zero-order valence-corrected chi connectivity index (χ0v) is 21.3. The minimum absolute atomic E-state index is 0.850. The second kappa shape index (κ2) is 8.35. The second-order valence-corrected chi connectivity index (χ2v) is 10.4. The Bertz CT molecular complexity index is 1540. The zero-order chi connectivity index (χ0) is 23.3. The lowest BCUT2D eigenvalue weighted by Crippen LogP contribution is -2.31. The van der Waals surface area contributed by atoms with E-state index in [4.69, 9.17) is 0 Å². The molecule has 5 aromatic carbocycles. The maximum atomic E-state index is 12.9. The second-order valence-electron chi connectivity index (χ2n) is 8.58. The van der Waals surface area contributed by atoms with Gasteiger partial charge >= 0.3 is 0 Å². The molecule has 0 saturated heterocycles. The Morgan fingerprint density at radius 1 is 0.529 bits per heavy atom. The Morgan fingerprint density at radius 3 is 1.79 bits per heavy atom. The van der Waals surface area contributed by atoms with E-state index in [-0.39, 0.29) is 0 Å². The summed E-state index contributed by atoms with van der Waals surface area (Å²) in [4.78, 5) is 0. The lowest BCUT2D eigenvalue weighted by atomic mass is 9.75. The van der Waals surface area contributed by atoms with Crippen LogP contribution in [0.3, 0.4) is 0 Å². The first-order chi connectivity index (χ1) is 16.6. The van der Waals surface area contributed by atoms with Crippen LogP contribution in [0.5, 0.6) is 0 Å². The molecule has 1 N–H and O–H groups in total. The van der Waals surface area contributed by atoms with E-state index in [1.165, 1.54) is 5.39 Å². The summed E-state index contributed by atoms with van der Waals surface area (Å²) in [6, 6.07) is 35.2. The molecule has 5 aromatic rings. The van der Waals surface area contributed by atoms with E-state index in [1.54, 1.807) is 0 Å². The minimum atomic E-state index is -1.37. The van der Waals surface area contributed by atoms with E-state index in [0.717, 1.165) is 53.3 Å². The molecule has 0 amide bonds. The Labute approximate surface area is 215 Å². The van der Waals surface area contributed by atoms with Gasteiger partial charge in [0.25, 0.3) is 0 Å². The minimum Gasteiger partial charge on any atom is -0.376 e. The molecule has 6 rings (SSSR count). The van der Waals surface area contributed by atoms with Crippen LogP contribution in [-0.4, -0.2) is 5.11 Å². The van der Waals surface area contributed by atoms with E-state index in [2.05, 4.69) is 111 Å². The summed E-state index contributed by atoms with van der Waals surface area (Å²) in [5.74, 6) is 0. The van der Waals surface area contributed by atoms with Crippen molar-refractivity contribution in [2.75, 3.05) is 0 Å². The van der Waals surface area contributed by atoms with Crippen molar-refractivity contribution in [1.29, 1.82) is 0 Å². The third-order valence-electron chi connectivity index (χ3n) is 6.65. The fourth-order valence-corrected chi connectivity index (χ4v) is 5.81. The van der Waals surface area contributed by atoms with Crippen molar-refractivity contribution in [2.24, 2.45) is 0 Å². The van der Waals surface area contributed by atoms with Gasteiger partial charge < -0.3 is 5.11 Å². The lowest BCUT2D eigenvalue weighted by molar-refractivity contribution is 0.126. The van der Waals surface area contributed by atoms with Gasteiger partial charge in [0.05, 0.1) is 0 Å². The van der Waals surface area contributed by atoms with Crippen LogP contribution >= 0.6 is 31.9 Å². The van der Waals surface area contributed by atoms with Crippen LogP contribution < -0.4 is 0 Å². The predicted octanol–water partition coefficient (Wildman–Crippen LogP) is 8.80. The summed E-state index contributed by atoms with van der Waals surface area (Å²) in [6.45, 7) is 0. The molecule has 0 unspecified atom stereocenters. The first-order valence-corrected chi connectivity index (χ1v) is 12.7. The van der Waals surface area contributed by atoms with Crippen molar-refractivity contribution in [1.82, 2.24) is 0 Å². The normalized spacial score (nSPS) is 13.9. The molecule has 164 valence electrons. The largest absolute Gasteiger partial charge is 0.376 e. The van der Waals surface area contributed by atoms with Gasteiger partial charge in [-0.1, -0.05) is 123 Å². The van der Waals surface area contributed by atoms with E-state index in [1.807, 2.05) is 36.4 Å². The fraction of sp³-hybridized carbons (Fsp3) is 0.0323. The zero-order valence-electron chi connectivity index (χ0n) is 18.2. The number of halogens is 2. The van der Waals surface area contributed by atoms with Crippen LogP contribution in [0.25, 0.3) is 34.1 Å². The van der Waals surface area contributed by atoms with Gasteiger partial charge in [-0.3, -0.25) is 0 Å². The molecule has 0 fully saturated rings. The van der Waals surface area contributed by atoms with Crippen molar-refractivity contribution >= 4 is 54.8 Å². The molecule has 0 atom stereocenters. The first kappa shape index (κ1) is 21.5. The van der Waals surface area contributed by atoms with Crippen molar-refractivity contribution in [2.45, 2.75) is 5.60 Å². The predicted molar refractivity (Wildman–Crippen MR) is 149 cm³/mol. The van der Waals surface area contributed by atoms with Crippen LogP contribution in [0.2, 0.25) is 0 Å². The van der Waals surface area contributed by atoms with Gasteiger partial charge in [-0.25, -0.2) is 0 Å². The van der Waals surface area contributed by atoms with Crippen molar-refractivity contribution in [3.63, 3.8) is 0 Å². The van der Waals surface area contributed by atoms with Crippen LogP contribution in [0.15, 0.2) is 112 Å². The van der Waals surface area contributed by atoms with E-state index >= 15 is 0 Å². The molecule has 1 aliphatic carbocycles. The van der Waals surface area contributed by atoms with Gasteiger partial charge in [0.15, 0.2) is 0 Å². The van der Waals surface area contributed by atoms with Gasteiger partial charge in [0.2, 0.25) is 0 Å². The SMILES string of the molecule is OC1(c2ccccc2-c2cccc3ccccc23)c2cc(Br)ccc2C=Cc2ccc(Br)cc21. The molecule has 0 radical (unpaired) electrons. The average Bonchev–Trinajstić information content (AvgIpc) is 2.99. The first-order valence-electron chi connectivity index (χ1n) is 11.1. The number of benzene rings is 5. The average molecular weight is 568 g/mol. The third kappa shape index (κ3) is 3.39. The molecule has 0 spiro atoms. The summed E-state index contributed by atoms with van der Waals surface area (Å²) in [7, 11) is 0. The molecular weight excluding hydrogens is 548 g/mol. The van der Waals surface area contributed by atoms with Crippen LogP contribution in [0, 0.1) is 0 Å². The van der Waals surface area contributed by atoms with Crippen molar-refractivity contribution < 1.29 is 5.11 Å². The summed E-state index contributed by atoms with van der Waals surface area (Å²) in [5, 5.41) is 15.2. The number of aliphatic hydroxyl groups is 1. The quantitative estimate of drug-likeness (QED) is 0.226. The summed E-state index contributed by atoms with van der Waals surface area (Å²) >= 11 is 7.29. The van der Waals surface area contributed by atoms with Gasteiger partial charge in [-0.2, -0.15) is 0 Å². The van der Waals surface area contributed by atoms with Gasteiger partial charge in [-0.05, 0) is 57.3 Å². The van der Waals surface area contributed by atoms with Crippen LogP contribution in [-0.2, 0) is 5.60 Å². The molecule has 34 heavy (non-hydrogen) atoms. The van der Waals surface area contributed by atoms with Crippen molar-refractivity contribution in [3.8, 4) is 11.1 Å². The molecule has 3 heteroatoms. The summed E-state index contributed by atoms with van der Waals surface area (Å²) in [6.07, 6.45) is 4.18. The highest BCUT2D eigenvalue weighted by atomic mass is 79.9. The van der Waals surface area contributed by atoms with E-state index in [0.29, 0.717) is 0 Å². The number of hydrogen-bond donors (Lipinski definition) is 1. The maximum absolute atomic E-state index is 12.9. The van der Waals surface area contributed by atoms with Crippen LogP contribution in [0.1, 0.15) is 27.8 Å². The molecule has 0 aromatic heterocycles. The third-order valence-corrected chi connectivity index (χ3v) is 7.64. The van der Waals surface area contributed by atoms with Crippen molar-refractivity contribution in [3.05, 3.63) is 140 Å². The maximum Gasteiger partial charge on any atom is 0.142 e. The van der Waals surface area contributed by atoms with Gasteiger partial charge in [-0.15, -0.1) is 0 Å². The molecule has 1 nitrogen and oxygen atoms in total. The summed E-state index contributed by atoms with van der Waals surface area (Å²) in [5.41, 5.74) is 5.29. The molecule has 0 saturated carbocycles. The fourth-order valence-electron chi connectivity index (χ4n) is 5.08. The Morgan fingerprint density at radius 2 is 1.09 bits per heavy atom. The smallest absolute Gasteiger partial charge is 0.142 e. The number of rotatable bonds is 2. The Balaban J connectivity index is 1.73. The topological polar surface area (TPSA) is 20.2 Å². The molecule has 1 aliphatic rings. The lowest BCUT2D eigenvalue weighted by Gasteiger charge is -2.34. The van der Waals surface area contributed by atoms with Gasteiger partial charge in [0.1, 0.15) is 5.60 Å². The van der Waals surface area contributed by atoms with Crippen LogP contribution in [0.4, 0.5) is 0 Å². The number of hydrogen-bond acceptors (Lipinski definition) is 1. The van der Waals surface area contributed by atoms with E-state index < -0.39 is 5.60 Å². The molecular formula is C31H20Br2O. The number of fused-ring (bicyclic) bond motifs is 3. The highest BCUT2D eigenvalue weighted by molar-refractivity contribution is 9.10. The standard InChI is InChI=1S/C31H20Br2O/c32-23-16-14-21-12-13-22-15-17-24(33)19-30(22)31(34,29(21)18-23)28-11-4-3-9-27(28)26-10-5-7-20-6-1-2-8-25(20)26/h1-19,34H. The molecule has 0 aliphatic heterocycles. The highest BCUT2D eigenvalue weighted by Crippen LogP contribution is 2.48. The Hall–Kier alpha value is -2.98.